The molecule has 4 nitrogen and oxygen atoms in total. The van der Waals surface area contributed by atoms with E-state index in [-0.39, 0.29) is 5.82 Å². The molecule has 0 bridgehead atoms. The highest BCUT2D eigenvalue weighted by Gasteiger charge is 1.99. The molecule has 0 radical (unpaired) electrons. The molecular formula is C12H13FN4. The van der Waals surface area contributed by atoms with E-state index >= 15 is 0 Å². The highest BCUT2D eigenvalue weighted by atomic mass is 19.1. The molecule has 0 saturated heterocycles. The van der Waals surface area contributed by atoms with Crippen LogP contribution >= 0.6 is 0 Å². The van der Waals surface area contributed by atoms with E-state index in [1.807, 2.05) is 6.07 Å². The third-order valence-corrected chi connectivity index (χ3v) is 2.34. The number of rotatable bonds is 4. The summed E-state index contributed by atoms with van der Waals surface area (Å²) in [6, 6.07) is 6.53. The summed E-state index contributed by atoms with van der Waals surface area (Å²) in [5, 5.41) is 3.08. The molecule has 5 heteroatoms. The van der Waals surface area contributed by atoms with Gasteiger partial charge in [-0.1, -0.05) is 12.1 Å². The van der Waals surface area contributed by atoms with E-state index in [2.05, 4.69) is 15.3 Å². The van der Waals surface area contributed by atoms with Gasteiger partial charge in [0, 0.05) is 6.54 Å². The fraction of sp³-hybridized carbons (Fsp3) is 0.167. The minimum absolute atomic E-state index is 0.218. The summed E-state index contributed by atoms with van der Waals surface area (Å²) in [6.45, 7) is 0.644. The number of hydrogen-bond acceptors (Lipinski definition) is 4. The van der Waals surface area contributed by atoms with Crippen LogP contribution in [0.5, 0.6) is 0 Å². The molecule has 0 amide bonds. The second-order valence-electron chi connectivity index (χ2n) is 3.63. The van der Waals surface area contributed by atoms with Crippen LogP contribution in [0.25, 0.3) is 0 Å². The van der Waals surface area contributed by atoms with Crippen molar-refractivity contribution in [2.24, 2.45) is 0 Å². The zero-order valence-electron chi connectivity index (χ0n) is 9.23. The highest BCUT2D eigenvalue weighted by molar-refractivity contribution is 5.58. The molecular weight excluding hydrogens is 219 g/mol. The van der Waals surface area contributed by atoms with Crippen molar-refractivity contribution in [3.8, 4) is 0 Å². The molecule has 1 aromatic carbocycles. The van der Waals surface area contributed by atoms with Crippen LogP contribution in [0.2, 0.25) is 0 Å². The molecule has 0 aliphatic carbocycles. The lowest BCUT2D eigenvalue weighted by Crippen LogP contribution is -2.08. The Bertz CT molecular complexity index is 501. The summed E-state index contributed by atoms with van der Waals surface area (Å²) in [5.41, 5.74) is 7.12. The number of nitrogens with two attached hydrogens (primary N) is 1. The number of nitrogens with one attached hydrogen (secondary N) is 1. The van der Waals surface area contributed by atoms with Crippen molar-refractivity contribution in [3.63, 3.8) is 0 Å². The number of hydrogen-bond donors (Lipinski definition) is 2. The van der Waals surface area contributed by atoms with Crippen molar-refractivity contribution in [1.82, 2.24) is 9.97 Å². The van der Waals surface area contributed by atoms with Gasteiger partial charge in [-0.3, -0.25) is 0 Å². The van der Waals surface area contributed by atoms with Gasteiger partial charge in [0.1, 0.15) is 12.1 Å². The number of benzene rings is 1. The van der Waals surface area contributed by atoms with Gasteiger partial charge in [-0.15, -0.1) is 0 Å². The lowest BCUT2D eigenvalue weighted by atomic mass is 10.1. The number of aromatic nitrogens is 2. The van der Waals surface area contributed by atoms with Gasteiger partial charge in [0.05, 0.1) is 11.9 Å². The Kier molecular flexibility index (Phi) is 3.49. The van der Waals surface area contributed by atoms with E-state index in [0.29, 0.717) is 24.5 Å². The predicted molar refractivity (Wildman–Crippen MR) is 65.0 cm³/mol. The van der Waals surface area contributed by atoms with E-state index in [9.17, 15) is 4.39 Å². The molecule has 0 atom stereocenters. The average Bonchev–Trinajstić information content (AvgIpc) is 2.32. The molecule has 2 rings (SSSR count). The summed E-state index contributed by atoms with van der Waals surface area (Å²) >= 11 is 0. The molecule has 0 fully saturated rings. The van der Waals surface area contributed by atoms with Crippen LogP contribution in [0.4, 0.5) is 15.9 Å². The first-order chi connectivity index (χ1) is 8.25. The summed E-state index contributed by atoms with van der Waals surface area (Å²) in [4.78, 5) is 7.80. The Labute approximate surface area is 98.7 Å². The molecule has 3 N–H and O–H groups in total. The highest BCUT2D eigenvalue weighted by Crippen LogP contribution is 2.11. The SMILES string of the molecule is Nc1cncnc1NCCc1cccc(F)c1. The van der Waals surface area contributed by atoms with E-state index in [4.69, 9.17) is 5.73 Å². The standard InChI is InChI=1S/C12H13FN4/c13-10-3-1-2-9(6-10)4-5-16-12-11(14)7-15-8-17-12/h1-3,6-8H,4-5,14H2,(H,15,16,17). The molecule has 0 unspecified atom stereocenters. The van der Waals surface area contributed by atoms with Gasteiger partial charge in [0.25, 0.3) is 0 Å². The van der Waals surface area contributed by atoms with Crippen molar-refractivity contribution >= 4 is 11.5 Å². The van der Waals surface area contributed by atoms with Crippen LogP contribution in [0.1, 0.15) is 5.56 Å². The topological polar surface area (TPSA) is 63.8 Å². The minimum atomic E-state index is -0.218. The summed E-state index contributed by atoms with van der Waals surface area (Å²) < 4.78 is 12.9. The van der Waals surface area contributed by atoms with E-state index in [1.165, 1.54) is 24.7 Å². The lowest BCUT2D eigenvalue weighted by molar-refractivity contribution is 0.625. The van der Waals surface area contributed by atoms with Gasteiger partial charge in [-0.2, -0.15) is 0 Å². The molecule has 0 aliphatic heterocycles. The first-order valence-electron chi connectivity index (χ1n) is 5.29. The average molecular weight is 232 g/mol. The third-order valence-electron chi connectivity index (χ3n) is 2.34. The zero-order chi connectivity index (χ0) is 12.1. The van der Waals surface area contributed by atoms with Gasteiger partial charge >= 0.3 is 0 Å². The minimum Gasteiger partial charge on any atom is -0.394 e. The quantitative estimate of drug-likeness (QED) is 0.844. The number of halogens is 1. The van der Waals surface area contributed by atoms with Gasteiger partial charge in [-0.25, -0.2) is 14.4 Å². The molecule has 88 valence electrons. The normalized spacial score (nSPS) is 10.2. The fourth-order valence-corrected chi connectivity index (χ4v) is 1.51. The van der Waals surface area contributed by atoms with Crippen molar-refractivity contribution < 1.29 is 4.39 Å². The van der Waals surface area contributed by atoms with Gasteiger partial charge in [0.15, 0.2) is 5.82 Å². The van der Waals surface area contributed by atoms with Gasteiger partial charge < -0.3 is 11.1 Å². The summed E-state index contributed by atoms with van der Waals surface area (Å²) in [5.74, 6) is 0.389. The van der Waals surface area contributed by atoms with Crippen LogP contribution < -0.4 is 11.1 Å². The largest absolute Gasteiger partial charge is 0.394 e. The maximum absolute atomic E-state index is 12.9. The maximum Gasteiger partial charge on any atom is 0.152 e. The molecule has 1 heterocycles. The van der Waals surface area contributed by atoms with Crippen LogP contribution in [-0.4, -0.2) is 16.5 Å². The van der Waals surface area contributed by atoms with Gasteiger partial charge in [-0.05, 0) is 24.1 Å². The number of nitrogen functional groups attached to an aromatic ring is 1. The first kappa shape index (κ1) is 11.3. The van der Waals surface area contributed by atoms with Crippen molar-refractivity contribution in [2.45, 2.75) is 6.42 Å². The Balaban J connectivity index is 1.90. The second kappa shape index (κ2) is 5.25. The maximum atomic E-state index is 12.9. The molecule has 0 aliphatic rings. The van der Waals surface area contributed by atoms with Crippen molar-refractivity contribution in [3.05, 3.63) is 48.2 Å². The van der Waals surface area contributed by atoms with Crippen LogP contribution in [0.15, 0.2) is 36.8 Å². The fourth-order valence-electron chi connectivity index (χ4n) is 1.51. The molecule has 0 saturated carbocycles. The predicted octanol–water partition coefficient (Wildman–Crippen LogP) is 1.85. The van der Waals surface area contributed by atoms with Crippen LogP contribution in [0, 0.1) is 5.82 Å². The molecule has 0 spiro atoms. The van der Waals surface area contributed by atoms with Crippen LogP contribution in [0.3, 0.4) is 0 Å². The Morgan fingerprint density at radius 1 is 1.35 bits per heavy atom. The van der Waals surface area contributed by atoms with E-state index < -0.39 is 0 Å². The monoisotopic (exact) mass is 232 g/mol. The smallest absolute Gasteiger partial charge is 0.152 e. The summed E-state index contributed by atoms with van der Waals surface area (Å²) in [7, 11) is 0. The van der Waals surface area contributed by atoms with E-state index in [1.54, 1.807) is 6.07 Å². The van der Waals surface area contributed by atoms with Gasteiger partial charge in [0.2, 0.25) is 0 Å². The number of nitrogens with zero attached hydrogens (tertiary/aromatic N) is 2. The Morgan fingerprint density at radius 3 is 3.00 bits per heavy atom. The van der Waals surface area contributed by atoms with Crippen LogP contribution in [-0.2, 0) is 6.42 Å². The van der Waals surface area contributed by atoms with E-state index in [0.717, 1.165) is 5.56 Å². The Morgan fingerprint density at radius 2 is 2.24 bits per heavy atom. The third kappa shape index (κ3) is 3.14. The molecule has 1 aromatic heterocycles. The molecule has 17 heavy (non-hydrogen) atoms. The Hall–Kier alpha value is -2.17. The molecule has 2 aromatic rings. The first-order valence-corrected chi connectivity index (χ1v) is 5.29. The lowest BCUT2D eigenvalue weighted by Gasteiger charge is -2.07. The summed E-state index contributed by atoms with van der Waals surface area (Å²) in [6.07, 6.45) is 3.68. The second-order valence-corrected chi connectivity index (χ2v) is 3.63. The van der Waals surface area contributed by atoms with Crippen molar-refractivity contribution in [2.75, 3.05) is 17.6 Å². The number of anilines is 2. The zero-order valence-corrected chi connectivity index (χ0v) is 9.23. The van der Waals surface area contributed by atoms with Crippen molar-refractivity contribution in [1.29, 1.82) is 0 Å².